The molecule has 192 valence electrons. The average Bonchev–Trinajstić information content (AvgIpc) is 3.15. The van der Waals surface area contributed by atoms with E-state index in [0.29, 0.717) is 36.4 Å². The van der Waals surface area contributed by atoms with Gasteiger partial charge >= 0.3 is 0 Å². The SMILES string of the molecule is CC(=O)O.COC1(O[C@H]2CC[C@H]3[C@@H]4CC=C5CC(=O)CC[C@]5(CO)[C@H]4CC[C@]23C)CCCCC1. The van der Waals surface area contributed by atoms with Crippen LogP contribution in [-0.4, -0.2) is 47.6 Å². The largest absolute Gasteiger partial charge is 0.481 e. The van der Waals surface area contributed by atoms with Gasteiger partial charge in [-0.1, -0.05) is 25.0 Å². The van der Waals surface area contributed by atoms with Gasteiger partial charge in [0.05, 0.1) is 12.7 Å². The number of fused-ring (bicyclic) bond motifs is 5. The molecule has 0 spiro atoms. The second-order valence-electron chi connectivity index (χ2n) is 11.8. The molecule has 6 heteroatoms. The predicted molar refractivity (Wildman–Crippen MR) is 129 cm³/mol. The van der Waals surface area contributed by atoms with Crippen LogP contribution in [-0.2, 0) is 19.1 Å². The molecule has 0 heterocycles. The zero-order valence-electron chi connectivity index (χ0n) is 21.3. The number of carbonyl (C=O) groups is 2. The minimum atomic E-state index is -0.833. The highest BCUT2D eigenvalue weighted by Gasteiger charge is 2.61. The number of carbonyl (C=O) groups excluding carboxylic acids is 1. The Morgan fingerprint density at radius 3 is 2.44 bits per heavy atom. The topological polar surface area (TPSA) is 93.1 Å². The first-order chi connectivity index (χ1) is 16.2. The number of Topliss-reactive ketones (excluding diaryl/α,β-unsaturated/α-hetero) is 1. The third-order valence-electron chi connectivity index (χ3n) is 10.2. The van der Waals surface area contributed by atoms with Gasteiger partial charge in [0.15, 0.2) is 5.79 Å². The molecule has 0 aromatic heterocycles. The summed E-state index contributed by atoms with van der Waals surface area (Å²) in [5.41, 5.74) is 1.34. The van der Waals surface area contributed by atoms with Crippen molar-refractivity contribution in [3.63, 3.8) is 0 Å². The van der Waals surface area contributed by atoms with Crippen molar-refractivity contribution >= 4 is 11.8 Å². The second kappa shape index (κ2) is 10.0. The summed E-state index contributed by atoms with van der Waals surface area (Å²) in [5.74, 6) is 0.950. The quantitative estimate of drug-likeness (QED) is 0.424. The van der Waals surface area contributed by atoms with E-state index < -0.39 is 5.97 Å². The second-order valence-corrected chi connectivity index (χ2v) is 11.8. The van der Waals surface area contributed by atoms with E-state index in [0.717, 1.165) is 45.4 Å². The van der Waals surface area contributed by atoms with Gasteiger partial charge in [-0.05, 0) is 74.5 Å². The van der Waals surface area contributed by atoms with Crippen molar-refractivity contribution in [1.29, 1.82) is 0 Å². The molecule has 0 radical (unpaired) electrons. The number of ketones is 1. The first-order valence-corrected chi connectivity index (χ1v) is 13.4. The summed E-state index contributed by atoms with van der Waals surface area (Å²) < 4.78 is 12.9. The molecule has 2 N–H and O–H groups in total. The summed E-state index contributed by atoms with van der Waals surface area (Å²) in [6, 6.07) is 0. The normalized spacial score (nSPS) is 40.7. The van der Waals surface area contributed by atoms with Crippen LogP contribution in [0, 0.1) is 28.6 Å². The number of aliphatic carboxylic acids is 1. The molecule has 4 fully saturated rings. The first kappa shape index (κ1) is 25.8. The monoisotopic (exact) mass is 476 g/mol. The highest BCUT2D eigenvalue weighted by molar-refractivity contribution is 5.82. The Hall–Kier alpha value is -1.24. The minimum Gasteiger partial charge on any atom is -0.481 e. The van der Waals surface area contributed by atoms with Gasteiger partial charge in [-0.2, -0.15) is 0 Å². The highest BCUT2D eigenvalue weighted by atomic mass is 16.7. The molecule has 6 atom stereocenters. The maximum absolute atomic E-state index is 12.1. The Morgan fingerprint density at radius 2 is 1.79 bits per heavy atom. The van der Waals surface area contributed by atoms with Gasteiger partial charge in [0, 0.05) is 45.1 Å². The maximum atomic E-state index is 12.1. The van der Waals surface area contributed by atoms with Gasteiger partial charge in [0.2, 0.25) is 0 Å². The number of carboxylic acids is 1. The number of allylic oxidation sites excluding steroid dienone is 1. The number of hydrogen-bond acceptors (Lipinski definition) is 5. The number of hydrogen-bond donors (Lipinski definition) is 2. The lowest BCUT2D eigenvalue weighted by atomic mass is 9.47. The van der Waals surface area contributed by atoms with Gasteiger partial charge < -0.3 is 19.7 Å². The lowest BCUT2D eigenvalue weighted by Crippen LogP contribution is -2.54. The third kappa shape index (κ3) is 4.51. The lowest BCUT2D eigenvalue weighted by Gasteiger charge is -2.58. The molecule has 6 nitrogen and oxygen atoms in total. The molecule has 5 rings (SSSR count). The van der Waals surface area contributed by atoms with Crippen LogP contribution < -0.4 is 0 Å². The third-order valence-corrected chi connectivity index (χ3v) is 10.2. The molecule has 5 aliphatic carbocycles. The van der Waals surface area contributed by atoms with Gasteiger partial charge in [0.25, 0.3) is 5.97 Å². The Kier molecular flexibility index (Phi) is 7.62. The van der Waals surface area contributed by atoms with E-state index >= 15 is 0 Å². The number of carboxylic acid groups (broad SMARTS) is 1. The Labute approximate surface area is 204 Å². The molecule has 0 aliphatic heterocycles. The number of aliphatic hydroxyl groups is 1. The Bertz CT molecular complexity index is 795. The van der Waals surface area contributed by atoms with Crippen molar-refractivity contribution in [3.05, 3.63) is 11.6 Å². The van der Waals surface area contributed by atoms with E-state index in [4.69, 9.17) is 19.4 Å². The van der Waals surface area contributed by atoms with Crippen LogP contribution in [0.3, 0.4) is 0 Å². The van der Waals surface area contributed by atoms with Crippen molar-refractivity contribution in [3.8, 4) is 0 Å². The van der Waals surface area contributed by atoms with Crippen LogP contribution >= 0.6 is 0 Å². The molecule has 34 heavy (non-hydrogen) atoms. The van der Waals surface area contributed by atoms with E-state index in [2.05, 4.69) is 13.0 Å². The Balaban J connectivity index is 0.000000636. The van der Waals surface area contributed by atoms with E-state index in [-0.39, 0.29) is 29.3 Å². The number of methoxy groups -OCH3 is 1. The molecule has 0 aromatic rings. The molecule has 0 aromatic carbocycles. The molecular weight excluding hydrogens is 432 g/mol. The van der Waals surface area contributed by atoms with E-state index in [9.17, 15) is 9.90 Å². The van der Waals surface area contributed by atoms with Crippen LogP contribution in [0.4, 0.5) is 0 Å². The molecular formula is C28H44O6. The summed E-state index contributed by atoms with van der Waals surface area (Å²) in [6.07, 6.45) is 16.2. The predicted octanol–water partition coefficient (Wildman–Crippen LogP) is 5.27. The molecule has 0 saturated heterocycles. The van der Waals surface area contributed by atoms with Gasteiger partial charge in [0.1, 0.15) is 5.78 Å². The van der Waals surface area contributed by atoms with Crippen molar-refractivity contribution < 1.29 is 29.3 Å². The van der Waals surface area contributed by atoms with Crippen LogP contribution in [0.25, 0.3) is 0 Å². The summed E-state index contributed by atoms with van der Waals surface area (Å²) in [6.45, 7) is 3.77. The fourth-order valence-corrected chi connectivity index (χ4v) is 8.44. The molecule has 4 saturated carbocycles. The van der Waals surface area contributed by atoms with E-state index in [1.165, 1.54) is 37.7 Å². The molecule has 0 bridgehead atoms. The summed E-state index contributed by atoms with van der Waals surface area (Å²) in [5, 5.41) is 18.0. The first-order valence-electron chi connectivity index (χ1n) is 13.4. The smallest absolute Gasteiger partial charge is 0.300 e. The lowest BCUT2D eigenvalue weighted by molar-refractivity contribution is -0.279. The van der Waals surface area contributed by atoms with Gasteiger partial charge in [-0.15, -0.1) is 0 Å². The Morgan fingerprint density at radius 1 is 1.09 bits per heavy atom. The maximum Gasteiger partial charge on any atom is 0.300 e. The van der Waals surface area contributed by atoms with Crippen molar-refractivity contribution in [2.75, 3.05) is 13.7 Å². The molecule has 0 amide bonds. The zero-order valence-corrected chi connectivity index (χ0v) is 21.3. The van der Waals surface area contributed by atoms with E-state index in [1.54, 1.807) is 0 Å². The fourth-order valence-electron chi connectivity index (χ4n) is 8.44. The average molecular weight is 477 g/mol. The standard InChI is InChI=1S/C26H40O4.C2H4O2/c1-24-14-11-22-20(7-6-18-16-19(28)10-15-25(18,22)17-27)21(24)8-9-23(24)30-26(29-2)12-4-3-5-13-26;1-2(3)4/h6,20-23,27H,3-5,7-17H2,1-2H3;1H3,(H,3,4)/t20-,21-,22-,23-,24-,25+;/m0./s1. The van der Waals surface area contributed by atoms with E-state index in [1.807, 2.05) is 7.11 Å². The minimum absolute atomic E-state index is 0.131. The summed E-state index contributed by atoms with van der Waals surface area (Å²) in [7, 11) is 1.83. The number of rotatable bonds is 4. The van der Waals surface area contributed by atoms with Crippen LogP contribution in [0.15, 0.2) is 11.6 Å². The fraction of sp³-hybridized carbons (Fsp3) is 0.857. The van der Waals surface area contributed by atoms with Crippen molar-refractivity contribution in [1.82, 2.24) is 0 Å². The number of aliphatic hydroxyl groups excluding tert-OH is 1. The molecule has 0 unspecified atom stereocenters. The number of ether oxygens (including phenoxy) is 2. The zero-order chi connectivity index (χ0) is 24.6. The van der Waals surface area contributed by atoms with Crippen molar-refractivity contribution in [2.45, 2.75) is 109 Å². The van der Waals surface area contributed by atoms with Crippen LogP contribution in [0.1, 0.15) is 97.3 Å². The van der Waals surface area contributed by atoms with Crippen molar-refractivity contribution in [2.24, 2.45) is 28.6 Å². The molecule has 5 aliphatic rings. The van der Waals surface area contributed by atoms with Gasteiger partial charge in [-0.3, -0.25) is 9.59 Å². The van der Waals surface area contributed by atoms with Crippen LogP contribution in [0.2, 0.25) is 0 Å². The highest BCUT2D eigenvalue weighted by Crippen LogP contribution is 2.65. The summed E-state index contributed by atoms with van der Waals surface area (Å²) in [4.78, 5) is 21.1. The van der Waals surface area contributed by atoms with Gasteiger partial charge in [-0.25, -0.2) is 0 Å². The van der Waals surface area contributed by atoms with Crippen LogP contribution in [0.5, 0.6) is 0 Å². The summed E-state index contributed by atoms with van der Waals surface area (Å²) >= 11 is 0.